The van der Waals surface area contributed by atoms with Crippen molar-refractivity contribution in [1.82, 2.24) is 0 Å². The Labute approximate surface area is 82.4 Å². The lowest BCUT2D eigenvalue weighted by molar-refractivity contribution is 0.0187. The van der Waals surface area contributed by atoms with Gasteiger partial charge in [-0.05, 0) is 24.8 Å². The van der Waals surface area contributed by atoms with E-state index in [1.54, 1.807) is 6.92 Å². The highest BCUT2D eigenvalue weighted by Gasteiger charge is 2.33. The summed E-state index contributed by atoms with van der Waals surface area (Å²) < 4.78 is 0. The minimum atomic E-state index is -1.00. The molecule has 0 aromatic carbocycles. The number of rotatable bonds is 3. The van der Waals surface area contributed by atoms with Gasteiger partial charge in [-0.15, -0.1) is 11.3 Å². The average molecular weight is 195 g/mol. The Kier molecular flexibility index (Phi) is 3.07. The molecule has 1 rings (SSSR count). The van der Waals surface area contributed by atoms with Crippen molar-refractivity contribution in [3.05, 3.63) is 22.4 Å². The Balaban J connectivity index is 2.95. The van der Waals surface area contributed by atoms with Crippen molar-refractivity contribution in [2.24, 2.45) is 5.92 Å². The first kappa shape index (κ1) is 10.2. The maximum atomic E-state index is 10.1. The standard InChI is InChI=1S/C10H13NOS/c1-3-8(7-11)10(2,12)9-5-4-6-13-9/h4-6,8,12H,3H2,1-2H3. The van der Waals surface area contributed by atoms with Gasteiger partial charge in [-0.2, -0.15) is 5.26 Å². The fraction of sp³-hybridized carbons (Fsp3) is 0.500. The van der Waals surface area contributed by atoms with E-state index < -0.39 is 5.60 Å². The smallest absolute Gasteiger partial charge is 0.112 e. The van der Waals surface area contributed by atoms with Crippen molar-refractivity contribution in [3.8, 4) is 6.07 Å². The van der Waals surface area contributed by atoms with Crippen LogP contribution < -0.4 is 0 Å². The zero-order chi connectivity index (χ0) is 9.90. The molecule has 2 atom stereocenters. The van der Waals surface area contributed by atoms with E-state index in [2.05, 4.69) is 6.07 Å². The molecule has 2 unspecified atom stereocenters. The normalized spacial score (nSPS) is 17.4. The van der Waals surface area contributed by atoms with Crippen LogP contribution >= 0.6 is 11.3 Å². The number of thiophene rings is 1. The predicted molar refractivity (Wildman–Crippen MR) is 53.3 cm³/mol. The minimum Gasteiger partial charge on any atom is -0.383 e. The SMILES string of the molecule is CCC(C#N)C(C)(O)c1cccs1. The molecule has 3 heteroatoms. The molecule has 0 aliphatic heterocycles. The summed E-state index contributed by atoms with van der Waals surface area (Å²) in [5.41, 5.74) is -1.00. The molecule has 0 bridgehead atoms. The molecule has 1 heterocycles. The molecule has 1 N–H and O–H groups in total. The molecule has 0 fully saturated rings. The Hall–Kier alpha value is -0.850. The average Bonchev–Trinajstić information content (AvgIpc) is 2.58. The van der Waals surface area contributed by atoms with Crippen molar-refractivity contribution >= 4 is 11.3 Å². The molecule has 70 valence electrons. The zero-order valence-corrected chi connectivity index (χ0v) is 8.64. The van der Waals surface area contributed by atoms with E-state index in [-0.39, 0.29) is 5.92 Å². The van der Waals surface area contributed by atoms with Crippen LogP contribution in [0.2, 0.25) is 0 Å². The Bertz CT molecular complexity index is 297. The van der Waals surface area contributed by atoms with Gasteiger partial charge in [-0.3, -0.25) is 0 Å². The molecule has 0 amide bonds. The van der Waals surface area contributed by atoms with Gasteiger partial charge >= 0.3 is 0 Å². The topological polar surface area (TPSA) is 44.0 Å². The molecule has 2 nitrogen and oxygen atoms in total. The van der Waals surface area contributed by atoms with E-state index in [9.17, 15) is 5.11 Å². The Morgan fingerprint density at radius 3 is 2.85 bits per heavy atom. The van der Waals surface area contributed by atoms with Gasteiger partial charge in [0.2, 0.25) is 0 Å². The maximum absolute atomic E-state index is 10.1. The quantitative estimate of drug-likeness (QED) is 0.805. The maximum Gasteiger partial charge on any atom is 0.112 e. The van der Waals surface area contributed by atoms with Crippen molar-refractivity contribution in [2.45, 2.75) is 25.9 Å². The summed E-state index contributed by atoms with van der Waals surface area (Å²) in [5.74, 6) is -0.328. The zero-order valence-electron chi connectivity index (χ0n) is 7.82. The van der Waals surface area contributed by atoms with Crippen molar-refractivity contribution in [2.75, 3.05) is 0 Å². The van der Waals surface area contributed by atoms with Crippen LogP contribution in [0.5, 0.6) is 0 Å². The highest BCUT2D eigenvalue weighted by atomic mass is 32.1. The van der Waals surface area contributed by atoms with E-state index in [0.717, 1.165) is 4.88 Å². The highest BCUT2D eigenvalue weighted by Crippen LogP contribution is 2.33. The first-order chi connectivity index (χ1) is 6.12. The van der Waals surface area contributed by atoms with Crippen LogP contribution in [0.4, 0.5) is 0 Å². The molecule has 1 aromatic rings. The second-order valence-corrected chi connectivity index (χ2v) is 4.16. The second-order valence-electron chi connectivity index (χ2n) is 3.21. The molecular weight excluding hydrogens is 182 g/mol. The summed E-state index contributed by atoms with van der Waals surface area (Å²) >= 11 is 1.49. The number of nitrogens with zero attached hydrogens (tertiary/aromatic N) is 1. The molecule has 0 aliphatic rings. The van der Waals surface area contributed by atoms with E-state index in [4.69, 9.17) is 5.26 Å². The van der Waals surface area contributed by atoms with Crippen LogP contribution in [0.3, 0.4) is 0 Å². The summed E-state index contributed by atoms with van der Waals surface area (Å²) in [6, 6.07) is 5.89. The summed E-state index contributed by atoms with van der Waals surface area (Å²) in [6.45, 7) is 3.62. The van der Waals surface area contributed by atoms with E-state index >= 15 is 0 Å². The van der Waals surface area contributed by atoms with Crippen molar-refractivity contribution in [3.63, 3.8) is 0 Å². The van der Waals surface area contributed by atoms with E-state index in [0.29, 0.717) is 6.42 Å². The van der Waals surface area contributed by atoms with Gasteiger partial charge in [0.05, 0.1) is 12.0 Å². The lowest BCUT2D eigenvalue weighted by Crippen LogP contribution is -2.29. The monoisotopic (exact) mass is 195 g/mol. The van der Waals surface area contributed by atoms with Crippen LogP contribution in [-0.4, -0.2) is 5.11 Å². The summed E-state index contributed by atoms with van der Waals surface area (Å²) in [6.07, 6.45) is 0.668. The van der Waals surface area contributed by atoms with Gasteiger partial charge in [-0.1, -0.05) is 13.0 Å². The van der Waals surface area contributed by atoms with Crippen LogP contribution in [0, 0.1) is 17.2 Å². The van der Waals surface area contributed by atoms with Gasteiger partial charge in [0, 0.05) is 4.88 Å². The molecule has 0 saturated heterocycles. The fourth-order valence-electron chi connectivity index (χ4n) is 1.35. The summed E-state index contributed by atoms with van der Waals surface area (Å²) in [7, 11) is 0. The van der Waals surface area contributed by atoms with Crippen LogP contribution in [0.15, 0.2) is 17.5 Å². The third-order valence-corrected chi connectivity index (χ3v) is 3.36. The lowest BCUT2D eigenvalue weighted by atomic mass is 9.87. The van der Waals surface area contributed by atoms with Crippen molar-refractivity contribution < 1.29 is 5.11 Å². The molecule has 0 radical (unpaired) electrons. The van der Waals surface area contributed by atoms with Gasteiger partial charge in [0.25, 0.3) is 0 Å². The first-order valence-corrected chi connectivity index (χ1v) is 5.16. The third-order valence-electron chi connectivity index (χ3n) is 2.26. The van der Waals surface area contributed by atoms with Crippen LogP contribution in [-0.2, 0) is 5.60 Å². The fourth-order valence-corrected chi connectivity index (χ4v) is 2.19. The number of aliphatic hydroxyl groups is 1. The number of nitriles is 1. The Morgan fingerprint density at radius 2 is 2.46 bits per heavy atom. The summed E-state index contributed by atoms with van der Waals surface area (Å²) in [5, 5.41) is 20.9. The lowest BCUT2D eigenvalue weighted by Gasteiger charge is -2.26. The van der Waals surface area contributed by atoms with Gasteiger partial charge in [0.15, 0.2) is 0 Å². The van der Waals surface area contributed by atoms with Crippen LogP contribution in [0.25, 0.3) is 0 Å². The minimum absolute atomic E-state index is 0.328. The number of hydrogen-bond acceptors (Lipinski definition) is 3. The number of hydrogen-bond donors (Lipinski definition) is 1. The summed E-state index contributed by atoms with van der Waals surface area (Å²) in [4.78, 5) is 0.862. The molecule has 13 heavy (non-hydrogen) atoms. The molecule has 0 aliphatic carbocycles. The largest absolute Gasteiger partial charge is 0.383 e. The van der Waals surface area contributed by atoms with Gasteiger partial charge < -0.3 is 5.11 Å². The third kappa shape index (κ3) is 1.90. The first-order valence-electron chi connectivity index (χ1n) is 4.29. The van der Waals surface area contributed by atoms with E-state index in [1.807, 2.05) is 24.4 Å². The van der Waals surface area contributed by atoms with Crippen LogP contribution in [0.1, 0.15) is 25.1 Å². The van der Waals surface area contributed by atoms with Gasteiger partial charge in [-0.25, -0.2) is 0 Å². The molecule has 0 saturated carbocycles. The highest BCUT2D eigenvalue weighted by molar-refractivity contribution is 7.10. The molecule has 0 spiro atoms. The molecule has 1 aromatic heterocycles. The Morgan fingerprint density at radius 1 is 1.77 bits per heavy atom. The van der Waals surface area contributed by atoms with E-state index in [1.165, 1.54) is 11.3 Å². The second kappa shape index (κ2) is 3.91. The predicted octanol–water partition coefficient (Wildman–Crippen LogP) is 2.51. The van der Waals surface area contributed by atoms with Crippen molar-refractivity contribution in [1.29, 1.82) is 5.26 Å². The molecular formula is C10H13NOS. The van der Waals surface area contributed by atoms with Gasteiger partial charge in [0.1, 0.15) is 5.60 Å².